The lowest BCUT2D eigenvalue weighted by molar-refractivity contribution is 0.0977. The number of aromatic nitrogens is 5. The number of carbonyl (C=O) groups excluding carboxylic acids is 1. The number of halogens is 2. The van der Waals surface area contributed by atoms with Crippen molar-refractivity contribution in [2.75, 3.05) is 11.6 Å². The number of nitrogens with one attached hydrogen (secondary N) is 2. The number of pyridine rings is 1. The molecule has 5 aromatic rings. The molecule has 0 saturated carbocycles. The first kappa shape index (κ1) is 29.9. The molecule has 2 N–H and O–H groups in total. The first-order chi connectivity index (χ1) is 20.2. The van der Waals surface area contributed by atoms with Gasteiger partial charge in [-0.1, -0.05) is 23.7 Å². The van der Waals surface area contributed by atoms with Gasteiger partial charge in [-0.15, -0.1) is 0 Å². The molecule has 1 atom stereocenters. The van der Waals surface area contributed by atoms with Crippen LogP contribution in [0.1, 0.15) is 34.6 Å². The molecule has 0 aliphatic rings. The van der Waals surface area contributed by atoms with Crippen LogP contribution < -0.4 is 15.6 Å². The van der Waals surface area contributed by atoms with Gasteiger partial charge in [0.1, 0.15) is 16.8 Å². The molecule has 0 aliphatic carbocycles. The minimum atomic E-state index is -3.87. The predicted molar refractivity (Wildman–Crippen MR) is 163 cm³/mol. The maximum Gasteiger partial charge on any atom is 0.285 e. The van der Waals surface area contributed by atoms with Crippen molar-refractivity contribution in [3.05, 3.63) is 92.9 Å². The van der Waals surface area contributed by atoms with E-state index in [2.05, 4.69) is 15.4 Å². The number of hydrogen-bond donors (Lipinski definition) is 2. The Bertz CT molecular complexity index is 2090. The molecule has 2 aromatic carbocycles. The van der Waals surface area contributed by atoms with Crippen molar-refractivity contribution in [1.82, 2.24) is 29.0 Å². The lowest BCUT2D eigenvalue weighted by Gasteiger charge is -2.20. The first-order valence-corrected chi connectivity index (χ1v) is 15.2. The Morgan fingerprint density at radius 2 is 1.81 bits per heavy atom. The van der Waals surface area contributed by atoms with Gasteiger partial charge < -0.3 is 5.32 Å². The van der Waals surface area contributed by atoms with E-state index >= 15 is 4.39 Å². The third-order valence-electron chi connectivity index (χ3n) is 6.76. The van der Waals surface area contributed by atoms with Crippen LogP contribution >= 0.6 is 11.6 Å². The second kappa shape index (κ2) is 11.2. The molecule has 0 radical (unpaired) electrons. The van der Waals surface area contributed by atoms with E-state index in [1.54, 1.807) is 56.2 Å². The van der Waals surface area contributed by atoms with E-state index in [1.807, 2.05) is 17.7 Å². The number of benzene rings is 2. The van der Waals surface area contributed by atoms with E-state index in [9.17, 15) is 18.0 Å². The minimum absolute atomic E-state index is 0.00559. The second-order valence-electron chi connectivity index (χ2n) is 10.2. The minimum Gasteiger partial charge on any atom is -0.377 e. The van der Waals surface area contributed by atoms with Crippen LogP contribution in [0.4, 0.5) is 10.1 Å². The zero-order valence-corrected chi connectivity index (χ0v) is 25.4. The average Bonchev–Trinajstić information content (AvgIpc) is 3.36. The largest absolute Gasteiger partial charge is 0.377 e. The van der Waals surface area contributed by atoms with E-state index in [1.165, 1.54) is 22.8 Å². The van der Waals surface area contributed by atoms with Crippen LogP contribution in [0, 0.1) is 12.7 Å². The number of sulfonamides is 1. The number of rotatable bonds is 7. The van der Waals surface area contributed by atoms with Crippen molar-refractivity contribution in [1.29, 1.82) is 0 Å². The number of fused-ring (bicyclic) bond motifs is 1. The summed E-state index contributed by atoms with van der Waals surface area (Å²) in [6.07, 6.45) is 2.57. The molecule has 14 heteroatoms. The molecule has 43 heavy (non-hydrogen) atoms. The maximum absolute atomic E-state index is 15.3. The van der Waals surface area contributed by atoms with Gasteiger partial charge in [-0.2, -0.15) is 5.10 Å². The Morgan fingerprint density at radius 3 is 2.47 bits per heavy atom. The first-order valence-electron chi connectivity index (χ1n) is 13.0. The standard InChI is InChI=1S/C29H27ClFN7O4S/c1-15-12-19(16(2)32-23-8-9-24(30)33-26(23)28(39)36-43(5,41)42)25-20(13-15)29(40)38(4)27(34-25)17-6-7-18(21(31)14-17)22-10-11-37(3)35-22/h6-14,16,32H,1-5H3,(H,36,39)/t16-/m1/s1. The predicted octanol–water partition coefficient (Wildman–Crippen LogP) is 4.36. The average molecular weight is 624 g/mol. The van der Waals surface area contributed by atoms with E-state index in [4.69, 9.17) is 16.6 Å². The second-order valence-corrected chi connectivity index (χ2v) is 12.4. The summed E-state index contributed by atoms with van der Waals surface area (Å²) in [5.41, 5.74) is 2.63. The van der Waals surface area contributed by atoms with Gasteiger partial charge in [0.2, 0.25) is 10.0 Å². The van der Waals surface area contributed by atoms with Crippen molar-refractivity contribution in [3.8, 4) is 22.6 Å². The number of amides is 1. The fourth-order valence-corrected chi connectivity index (χ4v) is 5.39. The summed E-state index contributed by atoms with van der Waals surface area (Å²) in [4.78, 5) is 35.1. The molecule has 0 saturated heterocycles. The SMILES string of the molecule is Cc1cc([C@@H](C)Nc2ccc(Cl)nc2C(=O)NS(C)(=O)=O)c2nc(-c3ccc(-c4ccn(C)n4)c(F)c3)n(C)c(=O)c2c1. The molecule has 3 heterocycles. The van der Waals surface area contributed by atoms with Gasteiger partial charge in [-0.3, -0.25) is 18.8 Å². The Labute approximate surface area is 251 Å². The van der Waals surface area contributed by atoms with Crippen molar-refractivity contribution in [3.63, 3.8) is 0 Å². The van der Waals surface area contributed by atoms with E-state index in [-0.39, 0.29) is 27.9 Å². The molecule has 11 nitrogen and oxygen atoms in total. The van der Waals surface area contributed by atoms with Gasteiger partial charge in [0.25, 0.3) is 11.5 Å². The summed E-state index contributed by atoms with van der Waals surface area (Å²) in [6, 6.07) is 12.3. The lowest BCUT2D eigenvalue weighted by Crippen LogP contribution is -2.31. The summed E-state index contributed by atoms with van der Waals surface area (Å²) in [6.45, 7) is 3.63. The normalized spacial score (nSPS) is 12.3. The number of carbonyl (C=O) groups is 1. The van der Waals surface area contributed by atoms with Gasteiger partial charge in [-0.25, -0.2) is 27.5 Å². The molecule has 3 aromatic heterocycles. The Kier molecular flexibility index (Phi) is 7.80. The van der Waals surface area contributed by atoms with Crippen LogP contribution in [0.25, 0.3) is 33.5 Å². The fourth-order valence-electron chi connectivity index (χ4n) is 4.81. The van der Waals surface area contributed by atoms with Crippen LogP contribution in [-0.2, 0) is 24.1 Å². The van der Waals surface area contributed by atoms with Crippen LogP contribution in [0.2, 0.25) is 5.15 Å². The maximum atomic E-state index is 15.3. The summed E-state index contributed by atoms with van der Waals surface area (Å²) in [5.74, 6) is -1.22. The molecular weight excluding hydrogens is 597 g/mol. The van der Waals surface area contributed by atoms with Crippen molar-refractivity contribution < 1.29 is 17.6 Å². The topological polar surface area (TPSA) is 141 Å². The number of nitrogens with zero attached hydrogens (tertiary/aromatic N) is 5. The highest BCUT2D eigenvalue weighted by molar-refractivity contribution is 7.89. The van der Waals surface area contributed by atoms with Crippen LogP contribution in [0.3, 0.4) is 0 Å². The lowest BCUT2D eigenvalue weighted by atomic mass is 10.0. The fraction of sp³-hybridized carbons (Fsp3) is 0.207. The summed E-state index contributed by atoms with van der Waals surface area (Å²) in [7, 11) is -0.547. The van der Waals surface area contributed by atoms with Gasteiger partial charge in [0.15, 0.2) is 5.69 Å². The van der Waals surface area contributed by atoms with Crippen LogP contribution in [0.15, 0.2) is 59.5 Å². The third kappa shape index (κ3) is 6.13. The van der Waals surface area contributed by atoms with E-state index < -0.39 is 27.8 Å². The molecule has 0 unspecified atom stereocenters. The van der Waals surface area contributed by atoms with Gasteiger partial charge in [0.05, 0.1) is 34.6 Å². The molecule has 222 valence electrons. The summed E-state index contributed by atoms with van der Waals surface area (Å²) < 4.78 is 43.5. The van der Waals surface area contributed by atoms with Gasteiger partial charge >= 0.3 is 0 Å². The smallest absolute Gasteiger partial charge is 0.285 e. The molecule has 0 fully saturated rings. The Morgan fingerprint density at radius 1 is 1.07 bits per heavy atom. The van der Waals surface area contributed by atoms with Crippen molar-refractivity contribution in [2.24, 2.45) is 14.1 Å². The molecule has 0 aliphatic heterocycles. The highest BCUT2D eigenvalue weighted by Gasteiger charge is 2.22. The molecule has 0 spiro atoms. The molecule has 5 rings (SSSR count). The van der Waals surface area contributed by atoms with Crippen molar-refractivity contribution in [2.45, 2.75) is 19.9 Å². The van der Waals surface area contributed by atoms with Crippen LogP contribution in [0.5, 0.6) is 0 Å². The van der Waals surface area contributed by atoms with Gasteiger partial charge in [0, 0.05) is 37.0 Å². The highest BCUT2D eigenvalue weighted by atomic mass is 35.5. The van der Waals surface area contributed by atoms with Crippen LogP contribution in [-0.4, -0.2) is 44.9 Å². The van der Waals surface area contributed by atoms with Gasteiger partial charge in [-0.05, 0) is 55.8 Å². The summed E-state index contributed by atoms with van der Waals surface area (Å²) in [5, 5.41) is 7.78. The van der Waals surface area contributed by atoms with Crippen molar-refractivity contribution >= 4 is 44.1 Å². The monoisotopic (exact) mass is 623 g/mol. The zero-order valence-electron chi connectivity index (χ0n) is 23.8. The number of hydrogen-bond acceptors (Lipinski definition) is 8. The van der Waals surface area contributed by atoms with E-state index in [0.29, 0.717) is 33.3 Å². The quantitative estimate of drug-likeness (QED) is 0.255. The molecule has 0 bridgehead atoms. The highest BCUT2D eigenvalue weighted by Crippen LogP contribution is 2.31. The number of anilines is 1. The Balaban J connectivity index is 1.60. The number of aryl methyl sites for hydroxylation is 2. The zero-order chi connectivity index (χ0) is 31.2. The van der Waals surface area contributed by atoms with E-state index in [0.717, 1.165) is 11.8 Å². The summed E-state index contributed by atoms with van der Waals surface area (Å²) >= 11 is 6.00. The Hall–Kier alpha value is -4.62. The third-order valence-corrected chi connectivity index (χ3v) is 7.53. The molecular formula is C29H27ClFN7O4S. The molecule has 1 amide bonds.